The van der Waals surface area contributed by atoms with E-state index in [1.54, 1.807) is 9.80 Å². The molecule has 29 heavy (non-hydrogen) atoms. The van der Waals surface area contributed by atoms with Crippen LogP contribution in [-0.2, 0) is 14.4 Å². The number of piperazine rings is 1. The van der Waals surface area contributed by atoms with Crippen LogP contribution in [0.4, 0.5) is 5.69 Å². The zero-order valence-corrected chi connectivity index (χ0v) is 17.8. The van der Waals surface area contributed by atoms with E-state index in [1.807, 2.05) is 38.1 Å². The smallest absolute Gasteiger partial charge is 0.243 e. The number of benzene rings is 1. The molecule has 3 rings (SSSR count). The molecule has 0 spiro atoms. The molecule has 1 atom stereocenters. The minimum Gasteiger partial charge on any atom is -0.368 e. The number of nitrogens with one attached hydrogen (secondary N) is 1. The minimum absolute atomic E-state index is 0.00612. The van der Waals surface area contributed by atoms with Gasteiger partial charge in [-0.05, 0) is 30.5 Å². The van der Waals surface area contributed by atoms with Gasteiger partial charge >= 0.3 is 0 Å². The van der Waals surface area contributed by atoms with E-state index in [0.717, 1.165) is 25.2 Å². The molecule has 7 nitrogen and oxygen atoms in total. The number of halogens is 1. The summed E-state index contributed by atoms with van der Waals surface area (Å²) in [6.45, 7) is 7.04. The van der Waals surface area contributed by atoms with E-state index in [1.165, 1.54) is 0 Å². The zero-order valence-electron chi connectivity index (χ0n) is 17.1. The number of likely N-dealkylation sites (tertiary alicyclic amines) is 1. The minimum atomic E-state index is -0.516. The maximum Gasteiger partial charge on any atom is 0.243 e. The number of amides is 3. The molecule has 2 aliphatic rings. The van der Waals surface area contributed by atoms with Crippen molar-refractivity contribution in [2.75, 3.05) is 44.2 Å². The van der Waals surface area contributed by atoms with Crippen LogP contribution in [0, 0.1) is 5.92 Å². The number of carbonyl (C=O) groups excluding carboxylic acids is 3. The number of hydrogen-bond acceptors (Lipinski definition) is 4. The van der Waals surface area contributed by atoms with E-state index in [9.17, 15) is 14.4 Å². The van der Waals surface area contributed by atoms with Crippen LogP contribution in [0.2, 0.25) is 5.02 Å². The van der Waals surface area contributed by atoms with Gasteiger partial charge in [0.2, 0.25) is 17.7 Å². The molecule has 2 aliphatic heterocycles. The predicted octanol–water partition coefficient (Wildman–Crippen LogP) is 1.75. The largest absolute Gasteiger partial charge is 0.368 e. The molecule has 0 saturated carbocycles. The van der Waals surface area contributed by atoms with Gasteiger partial charge in [-0.2, -0.15) is 0 Å². The van der Waals surface area contributed by atoms with Gasteiger partial charge in [-0.25, -0.2) is 0 Å². The Morgan fingerprint density at radius 3 is 2.45 bits per heavy atom. The van der Waals surface area contributed by atoms with Crippen LogP contribution in [0.15, 0.2) is 24.3 Å². The van der Waals surface area contributed by atoms with Crippen molar-refractivity contribution in [2.45, 2.75) is 32.7 Å². The topological polar surface area (TPSA) is 73.0 Å². The second-order valence-corrected chi connectivity index (χ2v) is 8.38. The van der Waals surface area contributed by atoms with E-state index in [2.05, 4.69) is 10.2 Å². The average Bonchev–Trinajstić information content (AvgIpc) is 3.11. The summed E-state index contributed by atoms with van der Waals surface area (Å²) < 4.78 is 0. The molecule has 2 heterocycles. The fourth-order valence-corrected chi connectivity index (χ4v) is 4.22. The first-order valence-corrected chi connectivity index (χ1v) is 10.6. The van der Waals surface area contributed by atoms with Crippen molar-refractivity contribution in [3.8, 4) is 0 Å². The molecule has 0 aromatic heterocycles. The fourth-order valence-electron chi connectivity index (χ4n) is 4.03. The Balaban J connectivity index is 1.49. The van der Waals surface area contributed by atoms with Crippen molar-refractivity contribution in [3.05, 3.63) is 29.3 Å². The van der Waals surface area contributed by atoms with Crippen LogP contribution >= 0.6 is 11.6 Å². The van der Waals surface area contributed by atoms with Gasteiger partial charge < -0.3 is 20.0 Å². The third-order valence-electron chi connectivity index (χ3n) is 5.57. The zero-order chi connectivity index (χ0) is 21.0. The van der Waals surface area contributed by atoms with Crippen LogP contribution in [0.25, 0.3) is 0 Å². The number of rotatable bonds is 6. The van der Waals surface area contributed by atoms with Crippen LogP contribution in [0.3, 0.4) is 0 Å². The van der Waals surface area contributed by atoms with Gasteiger partial charge in [0.1, 0.15) is 6.04 Å². The molecule has 8 heteroatoms. The van der Waals surface area contributed by atoms with Gasteiger partial charge in [0.25, 0.3) is 0 Å². The molecular formula is C21H29ClN4O3. The first-order valence-electron chi connectivity index (χ1n) is 10.2. The number of nitrogens with zero attached hydrogens (tertiary/aromatic N) is 3. The third kappa shape index (κ3) is 5.21. The Labute approximate surface area is 177 Å². The Morgan fingerprint density at radius 1 is 1.14 bits per heavy atom. The highest BCUT2D eigenvalue weighted by Gasteiger charge is 2.35. The van der Waals surface area contributed by atoms with Gasteiger partial charge in [0.05, 0.1) is 6.54 Å². The van der Waals surface area contributed by atoms with Gasteiger partial charge in [0, 0.05) is 49.9 Å². The van der Waals surface area contributed by atoms with Crippen LogP contribution in [0.5, 0.6) is 0 Å². The quantitative estimate of drug-likeness (QED) is 0.761. The molecule has 158 valence electrons. The van der Waals surface area contributed by atoms with Crippen molar-refractivity contribution >= 4 is 35.0 Å². The van der Waals surface area contributed by atoms with Crippen LogP contribution in [0.1, 0.15) is 26.7 Å². The van der Waals surface area contributed by atoms with E-state index >= 15 is 0 Å². The highest BCUT2D eigenvalue weighted by atomic mass is 35.5. The van der Waals surface area contributed by atoms with Gasteiger partial charge in [-0.1, -0.05) is 31.5 Å². The van der Waals surface area contributed by atoms with E-state index in [-0.39, 0.29) is 30.2 Å². The summed E-state index contributed by atoms with van der Waals surface area (Å²) in [6, 6.07) is 7.17. The van der Waals surface area contributed by atoms with Crippen molar-refractivity contribution < 1.29 is 14.4 Å². The molecule has 0 bridgehead atoms. The Hall–Kier alpha value is -2.28. The lowest BCUT2D eigenvalue weighted by Gasteiger charge is -2.36. The normalized spacial score (nSPS) is 18.3. The summed E-state index contributed by atoms with van der Waals surface area (Å²) in [5.41, 5.74) is 1.05. The van der Waals surface area contributed by atoms with Gasteiger partial charge in [-0.3, -0.25) is 14.4 Å². The summed E-state index contributed by atoms with van der Waals surface area (Å²) in [5.74, 6) is -0.337. The molecule has 3 amide bonds. The Bertz CT molecular complexity index is 762. The fraction of sp³-hybridized carbons (Fsp3) is 0.571. The van der Waals surface area contributed by atoms with E-state index < -0.39 is 6.04 Å². The lowest BCUT2D eigenvalue weighted by atomic mass is 10.0. The summed E-state index contributed by atoms with van der Waals surface area (Å²) >= 11 is 6.06. The summed E-state index contributed by atoms with van der Waals surface area (Å²) in [7, 11) is 0. The summed E-state index contributed by atoms with van der Waals surface area (Å²) in [4.78, 5) is 42.9. The first-order chi connectivity index (χ1) is 13.9. The number of anilines is 1. The van der Waals surface area contributed by atoms with Crippen molar-refractivity contribution in [1.82, 2.24) is 15.1 Å². The summed E-state index contributed by atoms with van der Waals surface area (Å²) in [6.07, 6.45) is 1.28. The SMILES string of the molecule is CC(C)C(C(=O)NCC(=O)N1CCN(c2cccc(Cl)c2)CC1)N1CCCC1=O. The number of hydrogen-bond donors (Lipinski definition) is 1. The second-order valence-electron chi connectivity index (χ2n) is 7.95. The van der Waals surface area contributed by atoms with Crippen molar-refractivity contribution in [2.24, 2.45) is 5.92 Å². The molecule has 1 N–H and O–H groups in total. The molecule has 0 radical (unpaired) electrons. The van der Waals surface area contributed by atoms with Crippen LogP contribution < -0.4 is 10.2 Å². The summed E-state index contributed by atoms with van der Waals surface area (Å²) in [5, 5.41) is 3.45. The molecular weight excluding hydrogens is 392 g/mol. The van der Waals surface area contributed by atoms with E-state index in [0.29, 0.717) is 31.1 Å². The van der Waals surface area contributed by atoms with Crippen molar-refractivity contribution in [3.63, 3.8) is 0 Å². The lowest BCUT2D eigenvalue weighted by molar-refractivity contribution is -0.140. The highest BCUT2D eigenvalue weighted by Crippen LogP contribution is 2.21. The maximum absolute atomic E-state index is 12.7. The second kappa shape index (κ2) is 9.48. The molecule has 2 fully saturated rings. The Morgan fingerprint density at radius 2 is 1.86 bits per heavy atom. The van der Waals surface area contributed by atoms with Crippen molar-refractivity contribution in [1.29, 1.82) is 0 Å². The van der Waals surface area contributed by atoms with Crippen LogP contribution in [-0.4, -0.2) is 72.8 Å². The highest BCUT2D eigenvalue weighted by molar-refractivity contribution is 6.30. The lowest BCUT2D eigenvalue weighted by Crippen LogP contribution is -2.54. The molecule has 2 saturated heterocycles. The monoisotopic (exact) mass is 420 g/mol. The average molecular weight is 421 g/mol. The van der Waals surface area contributed by atoms with Gasteiger partial charge in [-0.15, -0.1) is 0 Å². The molecule has 1 unspecified atom stereocenters. The third-order valence-corrected chi connectivity index (χ3v) is 5.80. The molecule has 0 aliphatic carbocycles. The molecule has 1 aromatic carbocycles. The maximum atomic E-state index is 12.7. The standard InChI is InChI=1S/C21H29ClN4O3/c1-15(2)20(26-8-4-7-18(26)27)21(29)23-14-19(28)25-11-9-24(10-12-25)17-6-3-5-16(22)13-17/h3,5-6,13,15,20H,4,7-12,14H2,1-2H3,(H,23,29). The predicted molar refractivity (Wildman–Crippen MR) is 113 cm³/mol. The molecule has 1 aromatic rings. The van der Waals surface area contributed by atoms with E-state index in [4.69, 9.17) is 11.6 Å². The first kappa shape index (κ1) is 21.4. The van der Waals surface area contributed by atoms with Gasteiger partial charge in [0.15, 0.2) is 0 Å². The Kier molecular flexibility index (Phi) is 7.00. The number of carbonyl (C=O) groups is 3.